The first-order chi connectivity index (χ1) is 20.1. The average molecular weight is 627 g/mol. The summed E-state index contributed by atoms with van der Waals surface area (Å²) >= 11 is 8.15. The summed E-state index contributed by atoms with van der Waals surface area (Å²) in [5, 5.41) is 15.4. The van der Waals surface area contributed by atoms with Crippen LogP contribution in [0.15, 0.2) is 70.5 Å². The summed E-state index contributed by atoms with van der Waals surface area (Å²) < 4.78 is 31.1. The first-order valence-electron chi connectivity index (χ1n) is 14.4. The highest BCUT2D eigenvalue weighted by Crippen LogP contribution is 2.47. The molecule has 0 bridgehead atoms. The first-order valence-corrected chi connectivity index (χ1v) is 17.3. The van der Waals surface area contributed by atoms with Gasteiger partial charge in [-0.1, -0.05) is 29.8 Å². The molecule has 6 rings (SSSR count). The second kappa shape index (κ2) is 11.8. The number of ether oxygens (including phenoxy) is 1. The summed E-state index contributed by atoms with van der Waals surface area (Å²) in [7, 11) is -3.88. The Kier molecular flexibility index (Phi) is 8.21. The summed E-state index contributed by atoms with van der Waals surface area (Å²) in [6.07, 6.45) is 5.25. The topological polar surface area (TPSA) is 110 Å². The Morgan fingerprint density at radius 1 is 1.12 bits per heavy atom. The van der Waals surface area contributed by atoms with Crippen LogP contribution < -0.4 is 14.8 Å². The molecule has 222 valence electrons. The molecule has 3 N–H and O–H groups in total. The van der Waals surface area contributed by atoms with E-state index < -0.39 is 16.0 Å². The van der Waals surface area contributed by atoms with E-state index in [1.165, 1.54) is 17.2 Å². The maximum atomic E-state index is 12.3. The zero-order valence-electron chi connectivity index (χ0n) is 23.3. The number of primary sulfonamides is 1. The van der Waals surface area contributed by atoms with Crippen molar-refractivity contribution in [2.24, 2.45) is 17.0 Å². The molecule has 0 unspecified atom stereocenters. The Balaban J connectivity index is 1.26. The minimum absolute atomic E-state index is 0.0223. The van der Waals surface area contributed by atoms with E-state index in [-0.39, 0.29) is 16.7 Å². The molecule has 1 heterocycles. The number of halogens is 1. The van der Waals surface area contributed by atoms with Crippen molar-refractivity contribution >= 4 is 45.0 Å². The zero-order chi connectivity index (χ0) is 29.5. The fourth-order valence-electron chi connectivity index (χ4n) is 6.77. The third kappa shape index (κ3) is 6.16. The second-order valence-electron chi connectivity index (χ2n) is 11.9. The number of thioether (sulfide) groups is 1. The van der Waals surface area contributed by atoms with Crippen molar-refractivity contribution in [2.75, 3.05) is 30.3 Å². The van der Waals surface area contributed by atoms with E-state index in [2.05, 4.69) is 17.0 Å². The molecular weight excluding hydrogens is 592 g/mol. The fraction of sp³-hybridized carbons (Fsp3) is 0.406. The lowest BCUT2D eigenvalue weighted by atomic mass is 9.69. The minimum atomic E-state index is -3.88. The normalized spacial score (nSPS) is 23.3. The van der Waals surface area contributed by atoms with Gasteiger partial charge in [0.05, 0.1) is 23.6 Å². The van der Waals surface area contributed by atoms with Crippen molar-refractivity contribution in [3.05, 3.63) is 82.4 Å². The van der Waals surface area contributed by atoms with Crippen LogP contribution >= 0.6 is 23.4 Å². The Bertz CT molecular complexity index is 1610. The van der Waals surface area contributed by atoms with E-state index in [9.17, 15) is 13.2 Å². The van der Waals surface area contributed by atoms with E-state index in [0.29, 0.717) is 24.2 Å². The number of nitrogens with two attached hydrogens (primary N) is 1. The number of hydrogen-bond acceptors (Lipinski definition) is 6. The minimum Gasteiger partial charge on any atom is -0.490 e. The van der Waals surface area contributed by atoms with Crippen molar-refractivity contribution in [1.29, 1.82) is 0 Å². The van der Waals surface area contributed by atoms with Gasteiger partial charge in [-0.3, -0.25) is 4.79 Å². The summed E-state index contributed by atoms with van der Waals surface area (Å²) in [4.78, 5) is 14.7. The SMILES string of the molecule is NS(=O)(=O)c1ccc2c(c1)N(C[C@@H]1CC[C@H]1CSc1cccc(CC(=O)O)c1)C[C@@]1(CCCc3cc(Cl)ccc31)CO2. The lowest BCUT2D eigenvalue weighted by Gasteiger charge is -2.44. The second-order valence-corrected chi connectivity index (χ2v) is 15.0. The van der Waals surface area contributed by atoms with Crippen LogP contribution in [0.3, 0.4) is 0 Å². The first kappa shape index (κ1) is 29.4. The summed E-state index contributed by atoms with van der Waals surface area (Å²) in [5.74, 6) is 1.74. The van der Waals surface area contributed by atoms with Crippen LogP contribution in [0.4, 0.5) is 5.69 Å². The third-order valence-electron chi connectivity index (χ3n) is 9.08. The molecule has 7 nitrogen and oxygen atoms in total. The molecule has 1 aliphatic heterocycles. The van der Waals surface area contributed by atoms with Gasteiger partial charge in [0.1, 0.15) is 5.75 Å². The summed E-state index contributed by atoms with van der Waals surface area (Å²) in [6, 6.07) is 18.9. The van der Waals surface area contributed by atoms with E-state index in [1.54, 1.807) is 23.9 Å². The Morgan fingerprint density at radius 2 is 1.95 bits per heavy atom. The lowest BCUT2D eigenvalue weighted by molar-refractivity contribution is -0.136. The van der Waals surface area contributed by atoms with Crippen molar-refractivity contribution in [3.8, 4) is 5.75 Å². The predicted molar refractivity (Wildman–Crippen MR) is 166 cm³/mol. The molecule has 0 aromatic heterocycles. The molecule has 0 saturated heterocycles. The van der Waals surface area contributed by atoms with Crippen LogP contribution in [0.25, 0.3) is 0 Å². The van der Waals surface area contributed by atoms with Gasteiger partial charge in [-0.05, 0) is 103 Å². The highest BCUT2D eigenvalue weighted by molar-refractivity contribution is 7.99. The van der Waals surface area contributed by atoms with Crippen LogP contribution in [0, 0.1) is 11.8 Å². The van der Waals surface area contributed by atoms with Crippen LogP contribution in [0.5, 0.6) is 5.75 Å². The fourth-order valence-corrected chi connectivity index (χ4v) is 8.76. The summed E-state index contributed by atoms with van der Waals surface area (Å²) in [6.45, 7) is 2.02. The van der Waals surface area contributed by atoms with Crippen molar-refractivity contribution < 1.29 is 23.1 Å². The maximum Gasteiger partial charge on any atom is 0.307 e. The number of aliphatic carboxylic acids is 1. The van der Waals surface area contributed by atoms with Gasteiger partial charge >= 0.3 is 5.97 Å². The van der Waals surface area contributed by atoms with Gasteiger partial charge < -0.3 is 14.7 Å². The van der Waals surface area contributed by atoms with Gasteiger partial charge in [0.25, 0.3) is 0 Å². The number of hydrogen-bond donors (Lipinski definition) is 2. The maximum absolute atomic E-state index is 12.3. The number of anilines is 1. The number of carbonyl (C=O) groups is 1. The quantitative estimate of drug-likeness (QED) is 0.299. The number of carboxylic acid groups (broad SMARTS) is 1. The summed E-state index contributed by atoms with van der Waals surface area (Å²) in [5.41, 5.74) is 3.88. The number of fused-ring (bicyclic) bond motifs is 3. The number of benzene rings is 3. The number of rotatable bonds is 8. The number of carboxylic acids is 1. The zero-order valence-corrected chi connectivity index (χ0v) is 25.7. The number of aryl methyl sites for hydroxylation is 1. The predicted octanol–water partition coefficient (Wildman–Crippen LogP) is 5.91. The number of sulfonamides is 1. The van der Waals surface area contributed by atoms with Gasteiger partial charge in [-0.2, -0.15) is 0 Å². The van der Waals surface area contributed by atoms with Crippen molar-refractivity contribution in [3.63, 3.8) is 0 Å². The van der Waals surface area contributed by atoms with E-state index >= 15 is 0 Å². The third-order valence-corrected chi connectivity index (χ3v) is 11.4. The van der Waals surface area contributed by atoms with E-state index in [1.807, 2.05) is 30.3 Å². The molecule has 10 heteroatoms. The van der Waals surface area contributed by atoms with Gasteiger partial charge in [-0.25, -0.2) is 13.6 Å². The molecule has 3 aliphatic rings. The highest BCUT2D eigenvalue weighted by Gasteiger charge is 2.43. The molecule has 3 aromatic carbocycles. The van der Waals surface area contributed by atoms with Crippen molar-refractivity contribution in [2.45, 2.75) is 53.7 Å². The van der Waals surface area contributed by atoms with E-state index in [4.69, 9.17) is 26.6 Å². The Labute approximate surface area is 256 Å². The van der Waals surface area contributed by atoms with E-state index in [0.717, 1.165) is 72.1 Å². The Hall–Kier alpha value is -2.72. The van der Waals surface area contributed by atoms with Crippen LogP contribution in [0.1, 0.15) is 42.4 Å². The molecule has 3 atom stereocenters. The largest absolute Gasteiger partial charge is 0.490 e. The molecule has 0 radical (unpaired) electrons. The highest BCUT2D eigenvalue weighted by atomic mass is 35.5. The molecular formula is C32H35ClN2O5S2. The van der Waals surface area contributed by atoms with Gasteiger partial charge in [0.15, 0.2) is 0 Å². The monoisotopic (exact) mass is 626 g/mol. The van der Waals surface area contributed by atoms with Gasteiger partial charge in [-0.15, -0.1) is 11.8 Å². The van der Waals surface area contributed by atoms with Gasteiger partial charge in [0.2, 0.25) is 10.0 Å². The van der Waals surface area contributed by atoms with Crippen LogP contribution in [0.2, 0.25) is 5.02 Å². The standard InChI is InChI=1S/C32H35ClN2O5S2/c33-25-8-10-28-22(15-25)4-2-12-32(28)19-35(29-16-27(42(34,38)39)9-11-30(29)40-20-32)17-23-6-7-24(23)18-41-26-5-1-3-21(13-26)14-31(36)37/h1,3,5,8-11,13,15-16,23-24H,2,4,6-7,12,14,17-20H2,(H,36,37)(H2,34,38,39)/t23-,24-,32-/m0/s1. The smallest absolute Gasteiger partial charge is 0.307 e. The van der Waals surface area contributed by atoms with Crippen LogP contribution in [-0.4, -0.2) is 44.9 Å². The van der Waals surface area contributed by atoms with Crippen LogP contribution in [-0.2, 0) is 33.1 Å². The molecule has 3 aromatic rings. The molecule has 1 fully saturated rings. The van der Waals surface area contributed by atoms with Gasteiger partial charge in [0, 0.05) is 34.2 Å². The van der Waals surface area contributed by atoms with Crippen molar-refractivity contribution in [1.82, 2.24) is 0 Å². The molecule has 0 amide bonds. The Morgan fingerprint density at radius 3 is 2.71 bits per heavy atom. The molecule has 2 aliphatic carbocycles. The molecule has 42 heavy (non-hydrogen) atoms. The number of nitrogens with zero attached hydrogens (tertiary/aromatic N) is 1. The molecule has 1 spiro atoms. The lowest BCUT2D eigenvalue weighted by Crippen LogP contribution is -2.48. The molecule has 1 saturated carbocycles. The average Bonchev–Trinajstić information content (AvgIpc) is 3.07.